The van der Waals surface area contributed by atoms with Crippen LogP contribution in [0.4, 0.5) is 0 Å². The van der Waals surface area contributed by atoms with Gasteiger partial charge in [0.05, 0.1) is 0 Å². The summed E-state index contributed by atoms with van der Waals surface area (Å²) in [5, 5.41) is 4.98. The summed E-state index contributed by atoms with van der Waals surface area (Å²) in [6.45, 7) is 2.16. The molecule has 90 valence electrons. The van der Waals surface area contributed by atoms with Gasteiger partial charge in [0.1, 0.15) is 0 Å². The Labute approximate surface area is 112 Å². The SMILES string of the molecule is Cc1csc(CCc2cccc3ccccc23)c1. The molecule has 18 heavy (non-hydrogen) atoms. The summed E-state index contributed by atoms with van der Waals surface area (Å²) < 4.78 is 0. The average Bonchev–Trinajstić information content (AvgIpc) is 2.82. The summed E-state index contributed by atoms with van der Waals surface area (Å²) in [5.41, 5.74) is 2.84. The van der Waals surface area contributed by atoms with E-state index in [9.17, 15) is 0 Å². The molecule has 0 spiro atoms. The number of thiophene rings is 1. The Kier molecular flexibility index (Phi) is 3.16. The minimum Gasteiger partial charge on any atom is -0.149 e. The number of benzene rings is 2. The van der Waals surface area contributed by atoms with Gasteiger partial charge in [-0.15, -0.1) is 11.3 Å². The third-order valence-electron chi connectivity index (χ3n) is 3.31. The molecule has 0 amide bonds. The maximum Gasteiger partial charge on any atom is 0.00512 e. The molecule has 0 fully saturated rings. The van der Waals surface area contributed by atoms with Gasteiger partial charge >= 0.3 is 0 Å². The first-order valence-corrected chi connectivity index (χ1v) is 7.21. The van der Waals surface area contributed by atoms with Crippen LogP contribution in [0.15, 0.2) is 53.9 Å². The topological polar surface area (TPSA) is 0 Å². The Morgan fingerprint density at radius 2 is 1.78 bits per heavy atom. The molecule has 0 nitrogen and oxygen atoms in total. The molecule has 3 rings (SSSR count). The molecular weight excluding hydrogens is 236 g/mol. The van der Waals surface area contributed by atoms with E-state index in [0.29, 0.717) is 0 Å². The van der Waals surface area contributed by atoms with Gasteiger partial charge < -0.3 is 0 Å². The van der Waals surface area contributed by atoms with Crippen molar-refractivity contribution in [2.75, 3.05) is 0 Å². The van der Waals surface area contributed by atoms with E-state index in [1.54, 1.807) is 0 Å². The summed E-state index contributed by atoms with van der Waals surface area (Å²) >= 11 is 1.87. The second kappa shape index (κ2) is 4.95. The highest BCUT2D eigenvalue weighted by molar-refractivity contribution is 7.10. The Morgan fingerprint density at radius 1 is 0.944 bits per heavy atom. The fourth-order valence-corrected chi connectivity index (χ4v) is 3.27. The molecule has 1 aromatic heterocycles. The van der Waals surface area contributed by atoms with E-state index < -0.39 is 0 Å². The van der Waals surface area contributed by atoms with Crippen LogP contribution in [0.2, 0.25) is 0 Å². The van der Waals surface area contributed by atoms with Crippen molar-refractivity contribution in [3.05, 3.63) is 69.9 Å². The lowest BCUT2D eigenvalue weighted by atomic mass is 10.0. The van der Waals surface area contributed by atoms with Crippen LogP contribution >= 0.6 is 11.3 Å². The van der Waals surface area contributed by atoms with E-state index in [1.165, 1.54) is 26.8 Å². The van der Waals surface area contributed by atoms with E-state index in [4.69, 9.17) is 0 Å². The zero-order valence-electron chi connectivity index (χ0n) is 10.5. The van der Waals surface area contributed by atoms with Crippen molar-refractivity contribution in [2.45, 2.75) is 19.8 Å². The zero-order chi connectivity index (χ0) is 12.4. The van der Waals surface area contributed by atoms with Crippen molar-refractivity contribution in [3.8, 4) is 0 Å². The summed E-state index contributed by atoms with van der Waals surface area (Å²) in [6, 6.07) is 17.6. The van der Waals surface area contributed by atoms with Crippen LogP contribution in [0.5, 0.6) is 0 Å². The standard InChI is InChI=1S/C17H16S/c1-13-11-16(18-12-13)10-9-15-7-4-6-14-5-2-3-8-17(14)15/h2-8,11-12H,9-10H2,1H3. The van der Waals surface area contributed by atoms with Crippen molar-refractivity contribution in [1.82, 2.24) is 0 Å². The van der Waals surface area contributed by atoms with Crippen molar-refractivity contribution in [2.24, 2.45) is 0 Å². The van der Waals surface area contributed by atoms with Crippen LogP contribution in [-0.2, 0) is 12.8 Å². The molecule has 0 atom stereocenters. The van der Waals surface area contributed by atoms with Gasteiger partial charge in [0.2, 0.25) is 0 Å². The molecule has 0 bridgehead atoms. The largest absolute Gasteiger partial charge is 0.149 e. The maximum absolute atomic E-state index is 2.30. The molecular formula is C17H16S. The fraction of sp³-hybridized carbons (Fsp3) is 0.176. The van der Waals surface area contributed by atoms with E-state index in [-0.39, 0.29) is 0 Å². The molecule has 0 aliphatic heterocycles. The van der Waals surface area contributed by atoms with E-state index in [1.807, 2.05) is 11.3 Å². The summed E-state index contributed by atoms with van der Waals surface area (Å²) in [7, 11) is 0. The number of fused-ring (bicyclic) bond motifs is 1. The van der Waals surface area contributed by atoms with Gasteiger partial charge in [0.25, 0.3) is 0 Å². The molecule has 0 saturated heterocycles. The molecule has 1 heterocycles. The number of rotatable bonds is 3. The van der Waals surface area contributed by atoms with Crippen molar-refractivity contribution in [3.63, 3.8) is 0 Å². The highest BCUT2D eigenvalue weighted by Crippen LogP contribution is 2.22. The first-order chi connectivity index (χ1) is 8.83. The Hall–Kier alpha value is -1.60. The molecule has 0 aliphatic rings. The van der Waals surface area contributed by atoms with Gasteiger partial charge in [-0.3, -0.25) is 0 Å². The molecule has 0 saturated carbocycles. The minimum absolute atomic E-state index is 1.13. The van der Waals surface area contributed by atoms with Gasteiger partial charge in [0, 0.05) is 4.88 Å². The second-order valence-electron chi connectivity index (χ2n) is 4.73. The van der Waals surface area contributed by atoms with Gasteiger partial charge in [-0.1, -0.05) is 42.5 Å². The smallest absolute Gasteiger partial charge is 0.00512 e. The van der Waals surface area contributed by atoms with E-state index in [2.05, 4.69) is 60.8 Å². The van der Waals surface area contributed by atoms with Crippen molar-refractivity contribution in [1.29, 1.82) is 0 Å². The molecule has 0 unspecified atom stereocenters. The zero-order valence-corrected chi connectivity index (χ0v) is 11.3. The van der Waals surface area contributed by atoms with E-state index >= 15 is 0 Å². The van der Waals surface area contributed by atoms with Crippen LogP contribution in [0.3, 0.4) is 0 Å². The van der Waals surface area contributed by atoms with Gasteiger partial charge in [-0.2, -0.15) is 0 Å². The first-order valence-electron chi connectivity index (χ1n) is 6.33. The predicted octanol–water partition coefficient (Wildman–Crippen LogP) is 4.99. The minimum atomic E-state index is 1.13. The molecule has 2 aromatic carbocycles. The van der Waals surface area contributed by atoms with Crippen LogP contribution in [0.25, 0.3) is 10.8 Å². The van der Waals surface area contributed by atoms with Crippen LogP contribution in [0, 0.1) is 6.92 Å². The maximum atomic E-state index is 2.30. The number of aryl methyl sites for hydroxylation is 3. The van der Waals surface area contributed by atoms with Crippen molar-refractivity contribution < 1.29 is 0 Å². The van der Waals surface area contributed by atoms with Crippen LogP contribution < -0.4 is 0 Å². The molecule has 0 radical (unpaired) electrons. The normalized spacial score (nSPS) is 10.9. The summed E-state index contributed by atoms with van der Waals surface area (Å²) in [6.07, 6.45) is 2.27. The fourth-order valence-electron chi connectivity index (χ4n) is 2.39. The van der Waals surface area contributed by atoms with Gasteiger partial charge in [0.15, 0.2) is 0 Å². The third kappa shape index (κ3) is 2.32. The Morgan fingerprint density at radius 3 is 2.61 bits per heavy atom. The Balaban J connectivity index is 1.86. The first kappa shape index (κ1) is 11.5. The lowest BCUT2D eigenvalue weighted by Gasteiger charge is -2.05. The van der Waals surface area contributed by atoms with Crippen LogP contribution in [-0.4, -0.2) is 0 Å². The van der Waals surface area contributed by atoms with Crippen LogP contribution in [0.1, 0.15) is 16.0 Å². The molecule has 0 N–H and O–H groups in total. The van der Waals surface area contributed by atoms with Gasteiger partial charge in [-0.25, -0.2) is 0 Å². The Bertz CT molecular complexity index is 659. The monoisotopic (exact) mass is 252 g/mol. The number of hydrogen-bond acceptors (Lipinski definition) is 1. The third-order valence-corrected chi connectivity index (χ3v) is 4.42. The van der Waals surface area contributed by atoms with Crippen molar-refractivity contribution >= 4 is 22.1 Å². The van der Waals surface area contributed by atoms with Gasteiger partial charge in [-0.05, 0) is 53.1 Å². The average molecular weight is 252 g/mol. The lowest BCUT2D eigenvalue weighted by Crippen LogP contribution is -1.90. The molecule has 0 aliphatic carbocycles. The highest BCUT2D eigenvalue weighted by atomic mass is 32.1. The quantitative estimate of drug-likeness (QED) is 0.615. The highest BCUT2D eigenvalue weighted by Gasteiger charge is 2.02. The molecule has 3 aromatic rings. The number of hydrogen-bond donors (Lipinski definition) is 0. The summed E-state index contributed by atoms with van der Waals surface area (Å²) in [4.78, 5) is 1.49. The van der Waals surface area contributed by atoms with E-state index in [0.717, 1.165) is 12.8 Å². The predicted molar refractivity (Wildman–Crippen MR) is 80.4 cm³/mol. The summed E-state index contributed by atoms with van der Waals surface area (Å²) in [5.74, 6) is 0. The second-order valence-corrected chi connectivity index (χ2v) is 5.72. The molecule has 1 heteroatoms. The lowest BCUT2D eigenvalue weighted by molar-refractivity contribution is 0.990.